The SMILES string of the molecule is C[C@@H]1CN(C(=O)O)CC[C@@H]1CO. The third kappa shape index (κ3) is 1.88. The zero-order valence-electron chi connectivity index (χ0n) is 7.23. The van der Waals surface area contributed by atoms with Crippen LogP contribution in [0.5, 0.6) is 0 Å². The fraction of sp³-hybridized carbons (Fsp3) is 0.875. The summed E-state index contributed by atoms with van der Waals surface area (Å²) in [5, 5.41) is 17.6. The zero-order chi connectivity index (χ0) is 9.14. The summed E-state index contributed by atoms with van der Waals surface area (Å²) in [6.07, 6.45) is -0.0671. The summed E-state index contributed by atoms with van der Waals surface area (Å²) < 4.78 is 0. The van der Waals surface area contributed by atoms with Crippen LogP contribution in [0.3, 0.4) is 0 Å². The molecule has 1 saturated heterocycles. The molecule has 0 aromatic carbocycles. The Morgan fingerprint density at radius 3 is 2.75 bits per heavy atom. The molecule has 0 unspecified atom stereocenters. The van der Waals surface area contributed by atoms with Crippen molar-refractivity contribution in [1.82, 2.24) is 4.90 Å². The minimum atomic E-state index is -0.849. The topological polar surface area (TPSA) is 60.8 Å². The van der Waals surface area contributed by atoms with Gasteiger partial charge in [-0.25, -0.2) is 4.79 Å². The smallest absolute Gasteiger partial charge is 0.407 e. The molecule has 0 aromatic heterocycles. The molecular weight excluding hydrogens is 158 g/mol. The number of hydrogen-bond acceptors (Lipinski definition) is 2. The average Bonchev–Trinajstić information content (AvgIpc) is 2.04. The van der Waals surface area contributed by atoms with Crippen molar-refractivity contribution in [3.05, 3.63) is 0 Å². The van der Waals surface area contributed by atoms with E-state index in [2.05, 4.69) is 0 Å². The van der Waals surface area contributed by atoms with E-state index in [0.717, 1.165) is 6.42 Å². The van der Waals surface area contributed by atoms with Crippen LogP contribution in [-0.2, 0) is 0 Å². The second-order valence-electron chi connectivity index (χ2n) is 3.44. The number of carboxylic acid groups (broad SMARTS) is 1. The minimum absolute atomic E-state index is 0.175. The molecule has 0 radical (unpaired) electrons. The van der Waals surface area contributed by atoms with Crippen LogP contribution in [0, 0.1) is 11.8 Å². The molecule has 1 aliphatic heterocycles. The van der Waals surface area contributed by atoms with Crippen molar-refractivity contribution in [1.29, 1.82) is 0 Å². The standard InChI is InChI=1S/C8H15NO3/c1-6-4-9(8(11)12)3-2-7(6)5-10/h6-7,10H,2-5H2,1H3,(H,11,12)/t6-,7-/m1/s1. The summed E-state index contributed by atoms with van der Waals surface area (Å²) in [5.41, 5.74) is 0. The molecule has 4 nitrogen and oxygen atoms in total. The second-order valence-corrected chi connectivity index (χ2v) is 3.44. The summed E-state index contributed by atoms with van der Waals surface area (Å²) in [5.74, 6) is 0.556. The monoisotopic (exact) mass is 173 g/mol. The van der Waals surface area contributed by atoms with E-state index in [1.165, 1.54) is 4.90 Å². The van der Waals surface area contributed by atoms with Gasteiger partial charge in [-0.1, -0.05) is 6.92 Å². The van der Waals surface area contributed by atoms with Gasteiger partial charge in [0.2, 0.25) is 0 Å². The van der Waals surface area contributed by atoms with E-state index in [0.29, 0.717) is 13.1 Å². The number of hydrogen-bond donors (Lipinski definition) is 2. The van der Waals surface area contributed by atoms with Crippen molar-refractivity contribution in [3.63, 3.8) is 0 Å². The first-order chi connectivity index (χ1) is 5.65. The predicted molar refractivity (Wildman–Crippen MR) is 44.0 cm³/mol. The van der Waals surface area contributed by atoms with Crippen molar-refractivity contribution < 1.29 is 15.0 Å². The Morgan fingerprint density at radius 1 is 1.67 bits per heavy atom. The lowest BCUT2D eigenvalue weighted by Gasteiger charge is -2.34. The molecule has 12 heavy (non-hydrogen) atoms. The maximum atomic E-state index is 10.6. The third-order valence-corrected chi connectivity index (χ3v) is 2.59. The Balaban J connectivity index is 2.46. The highest BCUT2D eigenvalue weighted by Gasteiger charge is 2.27. The van der Waals surface area contributed by atoms with E-state index in [-0.39, 0.29) is 18.4 Å². The number of aliphatic hydroxyl groups is 1. The summed E-state index contributed by atoms with van der Waals surface area (Å²) >= 11 is 0. The lowest BCUT2D eigenvalue weighted by molar-refractivity contribution is 0.0765. The Morgan fingerprint density at radius 2 is 2.33 bits per heavy atom. The number of aliphatic hydroxyl groups excluding tert-OH is 1. The van der Waals surface area contributed by atoms with Gasteiger partial charge in [0.1, 0.15) is 0 Å². The van der Waals surface area contributed by atoms with Gasteiger partial charge in [0.05, 0.1) is 0 Å². The number of likely N-dealkylation sites (tertiary alicyclic amines) is 1. The molecule has 70 valence electrons. The lowest BCUT2D eigenvalue weighted by atomic mass is 9.88. The average molecular weight is 173 g/mol. The number of piperidine rings is 1. The van der Waals surface area contributed by atoms with E-state index >= 15 is 0 Å². The van der Waals surface area contributed by atoms with E-state index in [9.17, 15) is 4.79 Å². The normalized spacial score (nSPS) is 30.3. The molecule has 1 amide bonds. The molecule has 0 aromatic rings. The van der Waals surface area contributed by atoms with Crippen LogP contribution in [0.25, 0.3) is 0 Å². The van der Waals surface area contributed by atoms with E-state index < -0.39 is 6.09 Å². The molecule has 2 N–H and O–H groups in total. The molecule has 1 heterocycles. The second kappa shape index (κ2) is 3.76. The molecule has 4 heteroatoms. The van der Waals surface area contributed by atoms with Gasteiger partial charge in [-0.05, 0) is 18.3 Å². The van der Waals surface area contributed by atoms with Gasteiger partial charge in [0.15, 0.2) is 0 Å². The van der Waals surface area contributed by atoms with Gasteiger partial charge >= 0.3 is 6.09 Å². The molecule has 2 atom stereocenters. The van der Waals surface area contributed by atoms with Gasteiger partial charge in [-0.2, -0.15) is 0 Å². The lowest BCUT2D eigenvalue weighted by Crippen LogP contribution is -2.43. The first-order valence-corrected chi connectivity index (χ1v) is 4.24. The van der Waals surface area contributed by atoms with Gasteiger partial charge in [0, 0.05) is 19.7 Å². The summed E-state index contributed by atoms with van der Waals surface area (Å²) in [7, 11) is 0. The third-order valence-electron chi connectivity index (χ3n) is 2.59. The van der Waals surface area contributed by atoms with E-state index in [1.54, 1.807) is 0 Å². The molecule has 0 saturated carbocycles. The largest absolute Gasteiger partial charge is 0.465 e. The number of carbonyl (C=O) groups is 1. The van der Waals surface area contributed by atoms with Gasteiger partial charge in [-0.15, -0.1) is 0 Å². The first kappa shape index (κ1) is 9.32. The van der Waals surface area contributed by atoms with Crippen LogP contribution in [0.4, 0.5) is 4.79 Å². The number of rotatable bonds is 1. The van der Waals surface area contributed by atoms with Crippen molar-refractivity contribution in [2.24, 2.45) is 11.8 Å². The fourth-order valence-corrected chi connectivity index (χ4v) is 1.64. The van der Waals surface area contributed by atoms with Crippen molar-refractivity contribution >= 4 is 6.09 Å². The maximum Gasteiger partial charge on any atom is 0.407 e. The number of amides is 1. The van der Waals surface area contributed by atoms with Crippen molar-refractivity contribution in [2.45, 2.75) is 13.3 Å². The quantitative estimate of drug-likeness (QED) is 0.611. The van der Waals surface area contributed by atoms with Crippen LogP contribution < -0.4 is 0 Å². The molecular formula is C8H15NO3. The highest BCUT2D eigenvalue weighted by Crippen LogP contribution is 2.22. The molecule has 1 aliphatic rings. The highest BCUT2D eigenvalue weighted by atomic mass is 16.4. The van der Waals surface area contributed by atoms with Gasteiger partial charge in [0.25, 0.3) is 0 Å². The van der Waals surface area contributed by atoms with Crippen molar-refractivity contribution in [2.75, 3.05) is 19.7 Å². The van der Waals surface area contributed by atoms with Gasteiger partial charge < -0.3 is 15.1 Å². The minimum Gasteiger partial charge on any atom is -0.465 e. The Labute approximate surface area is 71.8 Å². The van der Waals surface area contributed by atoms with Crippen LogP contribution >= 0.6 is 0 Å². The fourth-order valence-electron chi connectivity index (χ4n) is 1.64. The van der Waals surface area contributed by atoms with Crippen molar-refractivity contribution in [3.8, 4) is 0 Å². The highest BCUT2D eigenvalue weighted by molar-refractivity contribution is 5.65. The summed E-state index contributed by atoms with van der Waals surface area (Å²) in [6.45, 7) is 3.27. The molecule has 0 bridgehead atoms. The van der Waals surface area contributed by atoms with Crippen LogP contribution in [0.2, 0.25) is 0 Å². The molecule has 1 fully saturated rings. The van der Waals surface area contributed by atoms with Gasteiger partial charge in [-0.3, -0.25) is 0 Å². The predicted octanol–water partition coefficient (Wildman–Crippen LogP) is 0.615. The maximum absolute atomic E-state index is 10.6. The van der Waals surface area contributed by atoms with Crippen LogP contribution in [0.1, 0.15) is 13.3 Å². The van der Waals surface area contributed by atoms with E-state index in [1.807, 2.05) is 6.92 Å². The first-order valence-electron chi connectivity index (χ1n) is 4.24. The summed E-state index contributed by atoms with van der Waals surface area (Å²) in [4.78, 5) is 12.0. The Hall–Kier alpha value is -0.770. The number of nitrogens with zero attached hydrogens (tertiary/aromatic N) is 1. The molecule has 0 aliphatic carbocycles. The summed E-state index contributed by atoms with van der Waals surface area (Å²) in [6, 6.07) is 0. The Bertz CT molecular complexity index is 172. The Kier molecular flexibility index (Phi) is 2.92. The zero-order valence-corrected chi connectivity index (χ0v) is 7.23. The molecule has 0 spiro atoms. The van der Waals surface area contributed by atoms with Crippen LogP contribution in [0.15, 0.2) is 0 Å². The van der Waals surface area contributed by atoms with E-state index in [4.69, 9.17) is 10.2 Å². The molecule has 1 rings (SSSR count). The van der Waals surface area contributed by atoms with Crippen LogP contribution in [-0.4, -0.2) is 40.9 Å².